The van der Waals surface area contributed by atoms with Crippen LogP contribution in [-0.4, -0.2) is 28.8 Å². The maximum Gasteiger partial charge on any atom is 0.272 e. The van der Waals surface area contributed by atoms with Gasteiger partial charge >= 0.3 is 0 Å². The molecule has 5 nitrogen and oxygen atoms in total. The molecule has 1 aromatic heterocycles. The highest BCUT2D eigenvalue weighted by Gasteiger charge is 2.26. The highest BCUT2D eigenvalue weighted by atomic mass is 16.1. The van der Waals surface area contributed by atoms with E-state index in [9.17, 15) is 4.79 Å². The molecule has 3 rings (SSSR count). The fourth-order valence-corrected chi connectivity index (χ4v) is 2.67. The molecule has 1 heterocycles. The third kappa shape index (κ3) is 2.20. The number of nitrogens with two attached hydrogens (primary N) is 1. The van der Waals surface area contributed by atoms with Crippen LogP contribution in [-0.2, 0) is 12.8 Å². The van der Waals surface area contributed by atoms with E-state index in [1.807, 2.05) is 35.0 Å². The van der Waals surface area contributed by atoms with Gasteiger partial charge in [-0.05, 0) is 31.4 Å². The molecule has 0 radical (unpaired) electrons. The van der Waals surface area contributed by atoms with E-state index in [1.54, 1.807) is 0 Å². The Bertz CT molecular complexity index is 618. The lowest BCUT2D eigenvalue weighted by Crippen LogP contribution is -2.30. The van der Waals surface area contributed by atoms with E-state index < -0.39 is 0 Å². The lowest BCUT2D eigenvalue weighted by molar-refractivity contribution is 0.0948. The van der Waals surface area contributed by atoms with Crippen LogP contribution in [0.25, 0.3) is 5.69 Å². The number of carbonyl (C=O) groups is 1. The van der Waals surface area contributed by atoms with Crippen molar-refractivity contribution < 1.29 is 4.79 Å². The molecule has 0 unspecified atom stereocenters. The molecule has 5 heteroatoms. The lowest BCUT2D eigenvalue weighted by atomic mass is 10.2. The number of hydrogen-bond donors (Lipinski definition) is 2. The second-order valence-corrected chi connectivity index (χ2v) is 4.92. The molecule has 1 aliphatic carbocycles. The van der Waals surface area contributed by atoms with Gasteiger partial charge in [0.2, 0.25) is 0 Å². The van der Waals surface area contributed by atoms with E-state index in [0.29, 0.717) is 18.8 Å². The maximum absolute atomic E-state index is 12.2. The Kier molecular flexibility index (Phi) is 3.52. The first-order valence-corrected chi connectivity index (χ1v) is 6.95. The van der Waals surface area contributed by atoms with Gasteiger partial charge in [-0.1, -0.05) is 18.2 Å². The van der Waals surface area contributed by atoms with Crippen molar-refractivity contribution in [3.05, 3.63) is 47.3 Å². The van der Waals surface area contributed by atoms with Crippen molar-refractivity contribution in [2.75, 3.05) is 13.1 Å². The highest BCUT2D eigenvalue weighted by molar-refractivity contribution is 5.94. The second kappa shape index (κ2) is 5.46. The monoisotopic (exact) mass is 270 g/mol. The summed E-state index contributed by atoms with van der Waals surface area (Å²) in [5.41, 5.74) is 9.23. The van der Waals surface area contributed by atoms with Gasteiger partial charge in [-0.25, -0.2) is 4.68 Å². The van der Waals surface area contributed by atoms with Gasteiger partial charge in [0.1, 0.15) is 0 Å². The number of carbonyl (C=O) groups excluding carboxylic acids is 1. The van der Waals surface area contributed by atoms with Crippen LogP contribution in [0.3, 0.4) is 0 Å². The summed E-state index contributed by atoms with van der Waals surface area (Å²) < 4.78 is 1.90. The molecule has 0 saturated heterocycles. The zero-order chi connectivity index (χ0) is 13.9. The van der Waals surface area contributed by atoms with Crippen LogP contribution in [0, 0.1) is 0 Å². The van der Waals surface area contributed by atoms with Crippen LogP contribution in [0.1, 0.15) is 28.2 Å². The Labute approximate surface area is 117 Å². The van der Waals surface area contributed by atoms with Crippen molar-refractivity contribution in [3.8, 4) is 5.69 Å². The van der Waals surface area contributed by atoms with E-state index in [-0.39, 0.29) is 5.91 Å². The molecule has 0 aliphatic heterocycles. The zero-order valence-electron chi connectivity index (χ0n) is 11.3. The normalized spacial score (nSPS) is 13.2. The number of fused-ring (bicyclic) bond motifs is 1. The fraction of sp³-hybridized carbons (Fsp3) is 0.333. The predicted octanol–water partition coefficient (Wildman–Crippen LogP) is 1.05. The van der Waals surface area contributed by atoms with Gasteiger partial charge < -0.3 is 11.1 Å². The Morgan fingerprint density at radius 3 is 2.85 bits per heavy atom. The third-order valence-electron chi connectivity index (χ3n) is 3.58. The SMILES string of the molecule is NCCNC(=O)c1nn(-c2ccccc2)c2c1CCC2. The van der Waals surface area contributed by atoms with E-state index in [1.165, 1.54) is 0 Å². The average molecular weight is 270 g/mol. The third-order valence-corrected chi connectivity index (χ3v) is 3.58. The number of nitrogens with zero attached hydrogens (tertiary/aromatic N) is 2. The van der Waals surface area contributed by atoms with Crippen molar-refractivity contribution >= 4 is 5.91 Å². The number of hydrogen-bond acceptors (Lipinski definition) is 3. The molecule has 1 amide bonds. The Balaban J connectivity index is 1.99. The second-order valence-electron chi connectivity index (χ2n) is 4.92. The fourth-order valence-electron chi connectivity index (χ4n) is 2.67. The number of nitrogens with one attached hydrogen (secondary N) is 1. The van der Waals surface area contributed by atoms with Gasteiger partial charge in [0.15, 0.2) is 5.69 Å². The number of benzene rings is 1. The van der Waals surface area contributed by atoms with Crippen LogP contribution >= 0.6 is 0 Å². The molecule has 3 N–H and O–H groups in total. The Hall–Kier alpha value is -2.14. The topological polar surface area (TPSA) is 72.9 Å². The van der Waals surface area contributed by atoms with Gasteiger partial charge in [0.05, 0.1) is 5.69 Å². The minimum absolute atomic E-state index is 0.122. The van der Waals surface area contributed by atoms with Crippen LogP contribution in [0.2, 0.25) is 0 Å². The summed E-state index contributed by atoms with van der Waals surface area (Å²) in [5, 5.41) is 7.32. The largest absolute Gasteiger partial charge is 0.349 e. The summed E-state index contributed by atoms with van der Waals surface area (Å²) in [5.74, 6) is -0.122. The summed E-state index contributed by atoms with van der Waals surface area (Å²) in [7, 11) is 0. The molecule has 0 saturated carbocycles. The summed E-state index contributed by atoms with van der Waals surface area (Å²) in [6, 6.07) is 9.95. The quantitative estimate of drug-likeness (QED) is 0.872. The molecular weight excluding hydrogens is 252 g/mol. The van der Waals surface area contributed by atoms with Crippen LogP contribution < -0.4 is 11.1 Å². The summed E-state index contributed by atoms with van der Waals surface area (Å²) >= 11 is 0. The predicted molar refractivity (Wildman–Crippen MR) is 77.0 cm³/mol. The Morgan fingerprint density at radius 2 is 2.10 bits per heavy atom. The highest BCUT2D eigenvalue weighted by Crippen LogP contribution is 2.27. The van der Waals surface area contributed by atoms with E-state index in [0.717, 1.165) is 36.2 Å². The van der Waals surface area contributed by atoms with Crippen LogP contribution in [0.15, 0.2) is 30.3 Å². The first kappa shape index (κ1) is 12.9. The van der Waals surface area contributed by atoms with Gasteiger partial charge in [-0.2, -0.15) is 5.10 Å². The summed E-state index contributed by atoms with van der Waals surface area (Å²) in [4.78, 5) is 12.2. The summed E-state index contributed by atoms with van der Waals surface area (Å²) in [6.45, 7) is 0.916. The molecule has 0 atom stereocenters. The smallest absolute Gasteiger partial charge is 0.272 e. The first-order valence-electron chi connectivity index (χ1n) is 6.95. The molecule has 1 aromatic carbocycles. The van der Waals surface area contributed by atoms with Crippen molar-refractivity contribution in [1.29, 1.82) is 0 Å². The maximum atomic E-state index is 12.2. The lowest BCUT2D eigenvalue weighted by Gasteiger charge is -2.04. The van der Waals surface area contributed by atoms with Crippen molar-refractivity contribution in [2.24, 2.45) is 5.73 Å². The minimum atomic E-state index is -0.122. The molecule has 1 aliphatic rings. The van der Waals surface area contributed by atoms with E-state index >= 15 is 0 Å². The first-order chi connectivity index (χ1) is 9.81. The molecule has 0 fully saturated rings. The molecule has 0 bridgehead atoms. The molecule has 0 spiro atoms. The minimum Gasteiger partial charge on any atom is -0.349 e. The van der Waals surface area contributed by atoms with Gasteiger partial charge in [-0.15, -0.1) is 0 Å². The average Bonchev–Trinajstić information content (AvgIpc) is 3.07. The van der Waals surface area contributed by atoms with Gasteiger partial charge in [0.25, 0.3) is 5.91 Å². The molecule has 104 valence electrons. The van der Waals surface area contributed by atoms with E-state index in [2.05, 4.69) is 10.4 Å². The standard InChI is InChI=1S/C15H18N4O/c16-9-10-17-15(20)14-12-7-4-8-13(12)19(18-14)11-5-2-1-3-6-11/h1-3,5-6H,4,7-10,16H2,(H,17,20). The number of rotatable bonds is 4. The summed E-state index contributed by atoms with van der Waals surface area (Å²) in [6.07, 6.45) is 2.98. The number of amides is 1. The van der Waals surface area contributed by atoms with Crippen LogP contribution in [0.5, 0.6) is 0 Å². The number of para-hydroxylation sites is 1. The Morgan fingerprint density at radius 1 is 1.30 bits per heavy atom. The van der Waals surface area contributed by atoms with Crippen molar-refractivity contribution in [3.63, 3.8) is 0 Å². The van der Waals surface area contributed by atoms with Crippen molar-refractivity contribution in [1.82, 2.24) is 15.1 Å². The van der Waals surface area contributed by atoms with E-state index in [4.69, 9.17) is 5.73 Å². The van der Waals surface area contributed by atoms with Crippen LogP contribution in [0.4, 0.5) is 0 Å². The molecule has 2 aromatic rings. The van der Waals surface area contributed by atoms with Gasteiger partial charge in [-0.3, -0.25) is 4.79 Å². The number of aromatic nitrogens is 2. The zero-order valence-corrected chi connectivity index (χ0v) is 11.3. The molecule has 20 heavy (non-hydrogen) atoms. The van der Waals surface area contributed by atoms with Gasteiger partial charge in [0, 0.05) is 24.3 Å². The van der Waals surface area contributed by atoms with Crippen molar-refractivity contribution in [2.45, 2.75) is 19.3 Å². The molecular formula is C15H18N4O.